The third kappa shape index (κ3) is 1.58. The molecular weight excluding hydrogens is 180 g/mol. The molecule has 0 atom stereocenters. The van der Waals surface area contributed by atoms with Crippen molar-refractivity contribution in [1.29, 1.82) is 0 Å². The number of hydrogen-bond acceptors (Lipinski definition) is 3. The quantitative estimate of drug-likeness (QED) is 0.689. The Hall–Kier alpha value is -0.120. The molecule has 2 rings (SSSR count). The van der Waals surface area contributed by atoms with Crippen LogP contribution in [0.1, 0.15) is 38.5 Å². The zero-order chi connectivity index (χ0) is 10.2. The normalized spacial score (nSPS) is 30.2. The maximum Gasteiger partial charge on any atom is 0.168 e. The molecule has 0 aromatic heterocycles. The van der Waals surface area contributed by atoms with Crippen molar-refractivity contribution in [3.8, 4) is 0 Å². The Morgan fingerprint density at radius 3 is 2.00 bits per heavy atom. The van der Waals surface area contributed by atoms with E-state index in [-0.39, 0.29) is 11.9 Å². The molecule has 14 heavy (non-hydrogen) atoms. The molecule has 1 N–H and O–H groups in total. The lowest BCUT2D eigenvalue weighted by molar-refractivity contribution is -0.303. The first-order valence-electron chi connectivity index (χ1n) is 5.42. The summed E-state index contributed by atoms with van der Waals surface area (Å²) in [5.41, 5.74) is 0.408. The van der Waals surface area contributed by atoms with Gasteiger partial charge >= 0.3 is 0 Å². The molecule has 2 aliphatic rings. The molecule has 0 aromatic rings. The molecule has 3 heteroatoms. The first kappa shape index (κ1) is 10.4. The average Bonchev–Trinajstić information content (AvgIpc) is 2.16. The van der Waals surface area contributed by atoms with Gasteiger partial charge in [0.1, 0.15) is 0 Å². The van der Waals surface area contributed by atoms with Crippen molar-refractivity contribution in [3.63, 3.8) is 0 Å². The fourth-order valence-electron chi connectivity index (χ4n) is 3.03. The second-order valence-electron chi connectivity index (χ2n) is 4.90. The maximum absolute atomic E-state index is 9.44. The second kappa shape index (κ2) is 3.47. The van der Waals surface area contributed by atoms with Gasteiger partial charge in [-0.05, 0) is 31.1 Å². The van der Waals surface area contributed by atoms with Crippen LogP contribution < -0.4 is 0 Å². The highest BCUT2D eigenvalue weighted by atomic mass is 16.7. The van der Waals surface area contributed by atoms with Gasteiger partial charge in [-0.3, -0.25) is 0 Å². The van der Waals surface area contributed by atoms with Crippen LogP contribution in [0, 0.1) is 5.41 Å². The van der Waals surface area contributed by atoms with Crippen molar-refractivity contribution in [2.75, 3.05) is 14.2 Å². The molecule has 1 spiro atoms. The monoisotopic (exact) mass is 200 g/mol. The highest BCUT2D eigenvalue weighted by molar-refractivity contribution is 5.02. The van der Waals surface area contributed by atoms with Crippen LogP contribution in [-0.2, 0) is 9.47 Å². The van der Waals surface area contributed by atoms with Gasteiger partial charge in [-0.2, -0.15) is 0 Å². The lowest BCUT2D eigenvalue weighted by Crippen LogP contribution is -2.55. The fourth-order valence-corrected chi connectivity index (χ4v) is 3.03. The van der Waals surface area contributed by atoms with E-state index in [1.807, 2.05) is 0 Å². The number of ether oxygens (including phenoxy) is 2. The molecule has 0 unspecified atom stereocenters. The van der Waals surface area contributed by atoms with Crippen LogP contribution in [0.3, 0.4) is 0 Å². The summed E-state index contributed by atoms with van der Waals surface area (Å²) >= 11 is 0. The summed E-state index contributed by atoms with van der Waals surface area (Å²) in [5.74, 6) is -0.317. The van der Waals surface area contributed by atoms with Crippen molar-refractivity contribution in [2.45, 2.75) is 50.4 Å². The number of hydrogen-bond donors (Lipinski definition) is 1. The van der Waals surface area contributed by atoms with Crippen LogP contribution in [0.5, 0.6) is 0 Å². The first-order valence-corrected chi connectivity index (χ1v) is 5.42. The van der Waals surface area contributed by atoms with E-state index in [9.17, 15) is 5.11 Å². The van der Waals surface area contributed by atoms with Gasteiger partial charge in [0.05, 0.1) is 6.10 Å². The summed E-state index contributed by atoms with van der Waals surface area (Å²) in [6.07, 6.45) is 6.08. The van der Waals surface area contributed by atoms with E-state index >= 15 is 0 Å². The summed E-state index contributed by atoms with van der Waals surface area (Å²) in [4.78, 5) is 0. The molecule has 82 valence electrons. The third-order valence-corrected chi connectivity index (χ3v) is 4.05. The predicted octanol–water partition coefficient (Wildman–Crippen LogP) is 1.69. The van der Waals surface area contributed by atoms with Crippen molar-refractivity contribution in [2.24, 2.45) is 5.41 Å². The number of aliphatic hydroxyl groups excluding tert-OH is 1. The molecule has 0 radical (unpaired) electrons. The summed E-state index contributed by atoms with van der Waals surface area (Å²) in [5, 5.41) is 9.44. The van der Waals surface area contributed by atoms with E-state index in [2.05, 4.69) is 0 Å². The summed E-state index contributed by atoms with van der Waals surface area (Å²) < 4.78 is 10.8. The molecule has 3 nitrogen and oxygen atoms in total. The van der Waals surface area contributed by atoms with Gasteiger partial charge in [0.15, 0.2) is 5.79 Å². The Morgan fingerprint density at radius 1 is 1.07 bits per heavy atom. The van der Waals surface area contributed by atoms with E-state index in [0.717, 1.165) is 38.5 Å². The maximum atomic E-state index is 9.44. The number of aliphatic hydroxyl groups is 1. The molecule has 0 aromatic carbocycles. The van der Waals surface area contributed by atoms with Crippen molar-refractivity contribution >= 4 is 0 Å². The largest absolute Gasteiger partial charge is 0.393 e. The predicted molar refractivity (Wildman–Crippen MR) is 52.9 cm³/mol. The molecular formula is C11H20O3. The molecule has 2 saturated carbocycles. The lowest BCUT2D eigenvalue weighted by atomic mass is 9.57. The lowest BCUT2D eigenvalue weighted by Gasteiger charge is -2.56. The fraction of sp³-hybridized carbons (Fsp3) is 1.00. The molecule has 0 amide bonds. The van der Waals surface area contributed by atoms with Crippen molar-refractivity contribution in [3.05, 3.63) is 0 Å². The van der Waals surface area contributed by atoms with Crippen molar-refractivity contribution in [1.82, 2.24) is 0 Å². The van der Waals surface area contributed by atoms with E-state index in [1.165, 1.54) is 0 Å². The number of methoxy groups -OCH3 is 2. The summed E-state index contributed by atoms with van der Waals surface area (Å²) in [7, 11) is 3.43. The summed E-state index contributed by atoms with van der Waals surface area (Å²) in [6, 6.07) is 0. The smallest absolute Gasteiger partial charge is 0.168 e. The van der Waals surface area contributed by atoms with E-state index in [1.54, 1.807) is 14.2 Å². The van der Waals surface area contributed by atoms with Gasteiger partial charge in [-0.25, -0.2) is 0 Å². The van der Waals surface area contributed by atoms with Gasteiger partial charge in [0, 0.05) is 27.1 Å². The highest BCUT2D eigenvalue weighted by Gasteiger charge is 2.56. The van der Waals surface area contributed by atoms with Gasteiger partial charge in [-0.1, -0.05) is 0 Å². The van der Waals surface area contributed by atoms with Crippen LogP contribution >= 0.6 is 0 Å². The zero-order valence-corrected chi connectivity index (χ0v) is 9.08. The van der Waals surface area contributed by atoms with E-state index in [0.29, 0.717) is 5.41 Å². The van der Waals surface area contributed by atoms with Gasteiger partial charge in [-0.15, -0.1) is 0 Å². The molecule has 2 fully saturated rings. The van der Waals surface area contributed by atoms with Crippen molar-refractivity contribution < 1.29 is 14.6 Å². The molecule has 0 heterocycles. The van der Waals surface area contributed by atoms with Gasteiger partial charge < -0.3 is 14.6 Å². The minimum Gasteiger partial charge on any atom is -0.393 e. The Morgan fingerprint density at radius 2 is 1.57 bits per heavy atom. The van der Waals surface area contributed by atoms with Crippen LogP contribution in [0.2, 0.25) is 0 Å². The Balaban J connectivity index is 1.91. The average molecular weight is 200 g/mol. The zero-order valence-electron chi connectivity index (χ0n) is 9.08. The summed E-state index contributed by atoms with van der Waals surface area (Å²) in [6.45, 7) is 0. The second-order valence-corrected chi connectivity index (χ2v) is 4.90. The van der Waals surface area contributed by atoms with Crippen LogP contribution in [0.4, 0.5) is 0 Å². The first-order chi connectivity index (χ1) is 6.64. The van der Waals surface area contributed by atoms with Gasteiger partial charge in [0.2, 0.25) is 0 Å². The Bertz CT molecular complexity index is 193. The van der Waals surface area contributed by atoms with Gasteiger partial charge in [0.25, 0.3) is 0 Å². The van der Waals surface area contributed by atoms with E-state index in [4.69, 9.17) is 9.47 Å². The van der Waals surface area contributed by atoms with E-state index < -0.39 is 0 Å². The standard InChI is InChI=1S/C11H20O3/c1-13-11(14-2)7-10(8-11)5-3-9(12)4-6-10/h9,12H,3-8H2,1-2H3. The molecule has 0 saturated heterocycles. The Kier molecular flexibility index (Phi) is 2.58. The Labute approximate surface area is 85.4 Å². The minimum absolute atomic E-state index is 0.0688. The highest BCUT2D eigenvalue weighted by Crippen LogP contribution is 2.58. The molecule has 2 aliphatic carbocycles. The molecule has 0 bridgehead atoms. The number of rotatable bonds is 2. The SMILES string of the molecule is COC1(OC)CC2(CCC(O)CC2)C1. The topological polar surface area (TPSA) is 38.7 Å². The minimum atomic E-state index is -0.317. The van der Waals surface area contributed by atoms with Crippen LogP contribution in [0.15, 0.2) is 0 Å². The third-order valence-electron chi connectivity index (χ3n) is 4.05. The van der Waals surface area contributed by atoms with Crippen LogP contribution in [0.25, 0.3) is 0 Å². The molecule has 0 aliphatic heterocycles. The van der Waals surface area contributed by atoms with Crippen LogP contribution in [-0.4, -0.2) is 31.2 Å².